The molecule has 0 aliphatic carbocycles. The normalized spacial score (nSPS) is 21.2. The molecule has 2 rings (SSSR count). The SMILES string of the molecule is CC(C)C1CNCc2ncccc2O1. The van der Waals surface area contributed by atoms with Gasteiger partial charge in [-0.05, 0) is 18.1 Å². The molecular formula is C11H16N2O. The van der Waals surface area contributed by atoms with Gasteiger partial charge in [-0.15, -0.1) is 0 Å². The van der Waals surface area contributed by atoms with E-state index in [2.05, 4.69) is 24.1 Å². The lowest BCUT2D eigenvalue weighted by Crippen LogP contribution is -2.32. The summed E-state index contributed by atoms with van der Waals surface area (Å²) in [4.78, 5) is 4.29. The van der Waals surface area contributed by atoms with Crippen molar-refractivity contribution >= 4 is 0 Å². The molecule has 1 N–H and O–H groups in total. The number of hydrogen-bond donors (Lipinski definition) is 1. The highest BCUT2D eigenvalue weighted by Gasteiger charge is 2.20. The second-order valence-corrected chi connectivity index (χ2v) is 3.98. The largest absolute Gasteiger partial charge is 0.487 e. The van der Waals surface area contributed by atoms with Crippen molar-refractivity contribution in [2.24, 2.45) is 5.92 Å². The van der Waals surface area contributed by atoms with Crippen molar-refractivity contribution < 1.29 is 4.74 Å². The number of nitrogens with one attached hydrogen (secondary N) is 1. The molecule has 76 valence electrons. The van der Waals surface area contributed by atoms with Gasteiger partial charge in [0, 0.05) is 19.3 Å². The first-order chi connectivity index (χ1) is 6.77. The molecule has 0 bridgehead atoms. The van der Waals surface area contributed by atoms with Crippen LogP contribution in [-0.4, -0.2) is 17.6 Å². The number of nitrogens with zero attached hydrogens (tertiary/aromatic N) is 1. The summed E-state index contributed by atoms with van der Waals surface area (Å²) in [7, 11) is 0. The van der Waals surface area contributed by atoms with Crippen LogP contribution in [0.15, 0.2) is 18.3 Å². The summed E-state index contributed by atoms with van der Waals surface area (Å²) < 4.78 is 5.89. The van der Waals surface area contributed by atoms with Crippen molar-refractivity contribution in [3.63, 3.8) is 0 Å². The molecule has 0 aromatic carbocycles. The molecule has 2 heterocycles. The number of ether oxygens (including phenoxy) is 1. The number of fused-ring (bicyclic) bond motifs is 1. The maximum absolute atomic E-state index is 5.89. The zero-order chi connectivity index (χ0) is 9.97. The minimum Gasteiger partial charge on any atom is -0.487 e. The highest BCUT2D eigenvalue weighted by molar-refractivity contribution is 5.27. The first-order valence-electron chi connectivity index (χ1n) is 5.08. The van der Waals surface area contributed by atoms with E-state index in [-0.39, 0.29) is 6.10 Å². The number of aromatic nitrogens is 1. The average Bonchev–Trinajstić information content (AvgIpc) is 2.39. The zero-order valence-corrected chi connectivity index (χ0v) is 8.66. The molecule has 3 heteroatoms. The quantitative estimate of drug-likeness (QED) is 0.733. The number of hydrogen-bond acceptors (Lipinski definition) is 3. The lowest BCUT2D eigenvalue weighted by Gasteiger charge is -2.20. The fourth-order valence-corrected chi connectivity index (χ4v) is 1.57. The Balaban J connectivity index is 2.22. The van der Waals surface area contributed by atoms with Gasteiger partial charge in [-0.25, -0.2) is 0 Å². The van der Waals surface area contributed by atoms with Gasteiger partial charge in [0.15, 0.2) is 0 Å². The first-order valence-corrected chi connectivity index (χ1v) is 5.08. The Morgan fingerprint density at radius 1 is 1.57 bits per heavy atom. The molecule has 14 heavy (non-hydrogen) atoms. The smallest absolute Gasteiger partial charge is 0.142 e. The van der Waals surface area contributed by atoms with Crippen LogP contribution in [0.2, 0.25) is 0 Å². The Kier molecular flexibility index (Phi) is 2.68. The van der Waals surface area contributed by atoms with Crippen LogP contribution in [0.4, 0.5) is 0 Å². The summed E-state index contributed by atoms with van der Waals surface area (Å²) in [5, 5.41) is 3.35. The predicted octanol–water partition coefficient (Wildman–Crippen LogP) is 1.59. The molecule has 1 atom stereocenters. The van der Waals surface area contributed by atoms with Crippen LogP contribution < -0.4 is 10.1 Å². The third kappa shape index (κ3) is 1.87. The molecule has 1 aromatic heterocycles. The molecule has 0 saturated carbocycles. The molecule has 0 spiro atoms. The van der Waals surface area contributed by atoms with Gasteiger partial charge in [0.2, 0.25) is 0 Å². The molecule has 0 amide bonds. The predicted molar refractivity (Wildman–Crippen MR) is 55.2 cm³/mol. The molecule has 3 nitrogen and oxygen atoms in total. The van der Waals surface area contributed by atoms with Gasteiger partial charge in [-0.2, -0.15) is 0 Å². The van der Waals surface area contributed by atoms with E-state index in [0.717, 1.165) is 24.5 Å². The molecule has 1 aromatic rings. The first kappa shape index (κ1) is 9.46. The van der Waals surface area contributed by atoms with E-state index in [9.17, 15) is 0 Å². The summed E-state index contributed by atoms with van der Waals surface area (Å²) in [5.41, 5.74) is 1.01. The minimum absolute atomic E-state index is 0.250. The summed E-state index contributed by atoms with van der Waals surface area (Å²) in [6.07, 6.45) is 2.06. The Hall–Kier alpha value is -1.09. The van der Waals surface area contributed by atoms with Crippen molar-refractivity contribution in [3.8, 4) is 5.75 Å². The van der Waals surface area contributed by atoms with Crippen LogP contribution in [-0.2, 0) is 6.54 Å². The van der Waals surface area contributed by atoms with Crippen LogP contribution >= 0.6 is 0 Å². The fourth-order valence-electron chi connectivity index (χ4n) is 1.57. The van der Waals surface area contributed by atoms with Crippen molar-refractivity contribution in [2.45, 2.75) is 26.5 Å². The summed E-state index contributed by atoms with van der Waals surface area (Å²) in [6, 6.07) is 3.91. The fraction of sp³-hybridized carbons (Fsp3) is 0.545. The van der Waals surface area contributed by atoms with Gasteiger partial charge >= 0.3 is 0 Å². The van der Waals surface area contributed by atoms with Crippen LogP contribution in [0.5, 0.6) is 5.75 Å². The number of rotatable bonds is 1. The highest BCUT2D eigenvalue weighted by atomic mass is 16.5. The molecule has 1 aliphatic rings. The van der Waals surface area contributed by atoms with E-state index in [1.54, 1.807) is 6.20 Å². The van der Waals surface area contributed by atoms with Crippen LogP contribution in [0.1, 0.15) is 19.5 Å². The van der Waals surface area contributed by atoms with E-state index < -0.39 is 0 Å². The molecular weight excluding hydrogens is 176 g/mol. The van der Waals surface area contributed by atoms with Gasteiger partial charge in [0.25, 0.3) is 0 Å². The van der Waals surface area contributed by atoms with Gasteiger partial charge in [-0.1, -0.05) is 13.8 Å². The minimum atomic E-state index is 0.250. The maximum Gasteiger partial charge on any atom is 0.142 e. The number of pyridine rings is 1. The Bertz CT molecular complexity index is 312. The molecule has 0 radical (unpaired) electrons. The maximum atomic E-state index is 5.89. The van der Waals surface area contributed by atoms with Crippen LogP contribution in [0.25, 0.3) is 0 Å². The van der Waals surface area contributed by atoms with Gasteiger partial charge < -0.3 is 10.1 Å². The molecule has 0 fully saturated rings. The average molecular weight is 192 g/mol. The molecule has 1 unspecified atom stereocenters. The summed E-state index contributed by atoms with van der Waals surface area (Å²) in [5.74, 6) is 1.45. The van der Waals surface area contributed by atoms with Crippen molar-refractivity contribution in [1.29, 1.82) is 0 Å². The second-order valence-electron chi connectivity index (χ2n) is 3.98. The summed E-state index contributed by atoms with van der Waals surface area (Å²) >= 11 is 0. The lowest BCUT2D eigenvalue weighted by molar-refractivity contribution is 0.155. The highest BCUT2D eigenvalue weighted by Crippen LogP contribution is 2.21. The Labute approximate surface area is 84.5 Å². The summed E-state index contributed by atoms with van der Waals surface area (Å²) in [6.45, 7) is 6.05. The standard InChI is InChI=1S/C11H16N2O/c1-8(2)11-7-12-6-9-10(14-11)4-3-5-13-9/h3-5,8,11-12H,6-7H2,1-2H3. The second kappa shape index (κ2) is 3.96. The lowest BCUT2D eigenvalue weighted by atomic mass is 10.1. The van der Waals surface area contributed by atoms with E-state index in [4.69, 9.17) is 4.74 Å². The van der Waals surface area contributed by atoms with Crippen molar-refractivity contribution in [1.82, 2.24) is 10.3 Å². The Morgan fingerprint density at radius 2 is 2.43 bits per heavy atom. The van der Waals surface area contributed by atoms with Gasteiger partial charge in [0.1, 0.15) is 11.9 Å². The van der Waals surface area contributed by atoms with E-state index in [1.165, 1.54) is 0 Å². The van der Waals surface area contributed by atoms with E-state index in [1.807, 2.05) is 12.1 Å². The van der Waals surface area contributed by atoms with Crippen molar-refractivity contribution in [2.75, 3.05) is 6.54 Å². The van der Waals surface area contributed by atoms with Gasteiger partial charge in [-0.3, -0.25) is 4.98 Å². The third-order valence-corrected chi connectivity index (χ3v) is 2.51. The third-order valence-electron chi connectivity index (χ3n) is 2.51. The van der Waals surface area contributed by atoms with Gasteiger partial charge in [0.05, 0.1) is 5.69 Å². The Morgan fingerprint density at radius 3 is 3.21 bits per heavy atom. The van der Waals surface area contributed by atoms with Crippen molar-refractivity contribution in [3.05, 3.63) is 24.0 Å². The van der Waals surface area contributed by atoms with Crippen LogP contribution in [0, 0.1) is 5.92 Å². The van der Waals surface area contributed by atoms with Crippen LogP contribution in [0.3, 0.4) is 0 Å². The topological polar surface area (TPSA) is 34.2 Å². The monoisotopic (exact) mass is 192 g/mol. The molecule has 0 saturated heterocycles. The van der Waals surface area contributed by atoms with E-state index in [0.29, 0.717) is 5.92 Å². The van der Waals surface area contributed by atoms with E-state index >= 15 is 0 Å². The molecule has 1 aliphatic heterocycles. The zero-order valence-electron chi connectivity index (χ0n) is 8.66.